The third-order valence-corrected chi connectivity index (χ3v) is 4.76. The van der Waals surface area contributed by atoms with Crippen molar-refractivity contribution in [3.63, 3.8) is 0 Å². The van der Waals surface area contributed by atoms with Crippen LogP contribution >= 0.6 is 0 Å². The lowest BCUT2D eigenvalue weighted by Gasteiger charge is -2.21. The van der Waals surface area contributed by atoms with Crippen LogP contribution in [0.1, 0.15) is 48.1 Å². The summed E-state index contributed by atoms with van der Waals surface area (Å²) < 4.78 is 0. The molecule has 2 aliphatic rings. The second kappa shape index (κ2) is 4.85. The fraction of sp³-hybridized carbons (Fsp3) is 0.500. The summed E-state index contributed by atoms with van der Waals surface area (Å²) in [5.74, 6) is 0. The number of para-hydroxylation sites is 1. The van der Waals surface area contributed by atoms with Gasteiger partial charge in [0.05, 0.1) is 5.52 Å². The lowest BCUT2D eigenvalue weighted by molar-refractivity contribution is 0.642. The van der Waals surface area contributed by atoms with Crippen molar-refractivity contribution in [3.05, 3.63) is 40.6 Å². The van der Waals surface area contributed by atoms with E-state index in [0.717, 1.165) is 19.0 Å². The molecular weight excluding hydrogens is 244 g/mol. The largest absolute Gasteiger partial charge is 0.310 e. The van der Waals surface area contributed by atoms with Gasteiger partial charge in [0.1, 0.15) is 0 Å². The summed E-state index contributed by atoms with van der Waals surface area (Å²) in [5.41, 5.74) is 6.97. The Balaban J connectivity index is 1.88. The first-order chi connectivity index (χ1) is 9.83. The van der Waals surface area contributed by atoms with Crippen molar-refractivity contribution in [2.24, 2.45) is 0 Å². The Hall–Kier alpha value is -1.41. The second-order valence-electron chi connectivity index (χ2n) is 6.35. The number of hydrogen-bond donors (Lipinski definition) is 1. The minimum atomic E-state index is 0.766. The van der Waals surface area contributed by atoms with Gasteiger partial charge >= 0.3 is 0 Å². The predicted octanol–water partition coefficient (Wildman–Crippen LogP) is 3.67. The lowest BCUT2D eigenvalue weighted by Crippen LogP contribution is -2.19. The molecule has 0 unspecified atom stereocenters. The van der Waals surface area contributed by atoms with E-state index in [9.17, 15) is 0 Å². The second-order valence-corrected chi connectivity index (χ2v) is 6.35. The molecule has 1 saturated carbocycles. The van der Waals surface area contributed by atoms with Gasteiger partial charge in [0.15, 0.2) is 0 Å². The van der Waals surface area contributed by atoms with Crippen molar-refractivity contribution >= 4 is 10.9 Å². The first kappa shape index (κ1) is 12.3. The Morgan fingerprint density at radius 2 is 2.05 bits per heavy atom. The van der Waals surface area contributed by atoms with Crippen molar-refractivity contribution in [1.29, 1.82) is 0 Å². The number of hydrogen-bond acceptors (Lipinski definition) is 2. The molecule has 0 aliphatic heterocycles. The number of benzene rings is 1. The standard InChI is InChI=1S/C18H22N2/c1-12-5-4-7-15-16(11-19-13-9-10-13)14-6-2-3-8-17(14)20-18(12)15/h4-5,7,13,19H,2-3,6,8-11H2,1H3. The van der Waals surface area contributed by atoms with E-state index in [0.29, 0.717) is 0 Å². The van der Waals surface area contributed by atoms with Crippen LogP contribution in [0.5, 0.6) is 0 Å². The van der Waals surface area contributed by atoms with E-state index < -0.39 is 0 Å². The van der Waals surface area contributed by atoms with E-state index >= 15 is 0 Å². The van der Waals surface area contributed by atoms with E-state index in [1.807, 2.05) is 0 Å². The van der Waals surface area contributed by atoms with Crippen molar-refractivity contribution in [3.8, 4) is 0 Å². The van der Waals surface area contributed by atoms with Crippen LogP contribution in [0.25, 0.3) is 10.9 Å². The van der Waals surface area contributed by atoms with Crippen LogP contribution in [0, 0.1) is 6.92 Å². The molecule has 20 heavy (non-hydrogen) atoms. The SMILES string of the molecule is Cc1cccc2c(CNC3CC3)c3c(nc12)CCCC3. The molecule has 1 aromatic carbocycles. The van der Waals surface area contributed by atoms with Gasteiger partial charge in [0.2, 0.25) is 0 Å². The van der Waals surface area contributed by atoms with Gasteiger partial charge in [-0.15, -0.1) is 0 Å². The summed E-state index contributed by atoms with van der Waals surface area (Å²) in [6, 6.07) is 7.38. The zero-order valence-corrected chi connectivity index (χ0v) is 12.2. The van der Waals surface area contributed by atoms with E-state index in [2.05, 4.69) is 30.4 Å². The van der Waals surface area contributed by atoms with Crippen molar-refractivity contribution < 1.29 is 0 Å². The van der Waals surface area contributed by atoms with Gasteiger partial charge in [-0.05, 0) is 62.1 Å². The molecule has 0 bridgehead atoms. The summed E-state index contributed by atoms with van der Waals surface area (Å²) in [5, 5.41) is 5.08. The monoisotopic (exact) mass is 266 g/mol. The van der Waals surface area contributed by atoms with Gasteiger partial charge in [0, 0.05) is 23.7 Å². The number of rotatable bonds is 3. The molecule has 1 fully saturated rings. The molecular formula is C18H22N2. The Morgan fingerprint density at radius 3 is 2.90 bits per heavy atom. The molecule has 4 rings (SSSR count). The highest BCUT2D eigenvalue weighted by molar-refractivity contribution is 5.86. The highest BCUT2D eigenvalue weighted by Crippen LogP contribution is 2.31. The minimum absolute atomic E-state index is 0.766. The summed E-state index contributed by atoms with van der Waals surface area (Å²) in [6.45, 7) is 3.21. The summed E-state index contributed by atoms with van der Waals surface area (Å²) in [7, 11) is 0. The van der Waals surface area contributed by atoms with Gasteiger partial charge in [0.25, 0.3) is 0 Å². The smallest absolute Gasteiger partial charge is 0.0737 e. The number of aryl methyl sites for hydroxylation is 2. The first-order valence-corrected chi connectivity index (χ1v) is 7.96. The molecule has 1 heterocycles. The summed E-state index contributed by atoms with van der Waals surface area (Å²) in [4.78, 5) is 4.99. The lowest BCUT2D eigenvalue weighted by atomic mass is 9.89. The van der Waals surface area contributed by atoms with Crippen molar-refractivity contribution in [2.45, 2.75) is 58.0 Å². The molecule has 0 amide bonds. The Bertz CT molecular complexity index is 656. The third-order valence-electron chi connectivity index (χ3n) is 4.76. The van der Waals surface area contributed by atoms with E-state index in [1.54, 1.807) is 5.56 Å². The molecule has 2 nitrogen and oxygen atoms in total. The quantitative estimate of drug-likeness (QED) is 0.916. The highest BCUT2D eigenvalue weighted by Gasteiger charge is 2.23. The maximum absolute atomic E-state index is 4.99. The van der Waals surface area contributed by atoms with Crippen molar-refractivity contribution in [1.82, 2.24) is 10.3 Å². The van der Waals surface area contributed by atoms with Gasteiger partial charge in [-0.3, -0.25) is 4.98 Å². The molecule has 0 atom stereocenters. The number of fused-ring (bicyclic) bond motifs is 2. The zero-order chi connectivity index (χ0) is 13.5. The summed E-state index contributed by atoms with van der Waals surface area (Å²) in [6.07, 6.45) is 7.70. The van der Waals surface area contributed by atoms with E-state index in [1.165, 1.54) is 59.8 Å². The van der Waals surface area contributed by atoms with Crippen LogP contribution in [-0.4, -0.2) is 11.0 Å². The predicted molar refractivity (Wildman–Crippen MR) is 83.0 cm³/mol. The van der Waals surface area contributed by atoms with Gasteiger partial charge in [-0.1, -0.05) is 18.2 Å². The highest BCUT2D eigenvalue weighted by atomic mass is 14.9. The van der Waals surface area contributed by atoms with Crippen LogP contribution in [0.3, 0.4) is 0 Å². The maximum Gasteiger partial charge on any atom is 0.0737 e. The molecule has 0 saturated heterocycles. The molecule has 1 aromatic heterocycles. The van der Waals surface area contributed by atoms with Gasteiger partial charge in [-0.2, -0.15) is 0 Å². The maximum atomic E-state index is 4.99. The molecule has 0 radical (unpaired) electrons. The van der Waals surface area contributed by atoms with Crippen LogP contribution in [0.2, 0.25) is 0 Å². The molecule has 2 aromatic rings. The minimum Gasteiger partial charge on any atom is -0.310 e. The Kier molecular flexibility index (Phi) is 2.99. The van der Waals surface area contributed by atoms with Crippen LogP contribution in [-0.2, 0) is 19.4 Å². The Labute approximate surface area is 120 Å². The van der Waals surface area contributed by atoms with Crippen molar-refractivity contribution in [2.75, 3.05) is 0 Å². The van der Waals surface area contributed by atoms with Gasteiger partial charge in [-0.25, -0.2) is 0 Å². The molecule has 104 valence electrons. The molecule has 2 heteroatoms. The number of pyridine rings is 1. The van der Waals surface area contributed by atoms with Crippen LogP contribution in [0.4, 0.5) is 0 Å². The summed E-state index contributed by atoms with van der Waals surface area (Å²) >= 11 is 0. The third kappa shape index (κ3) is 2.12. The average Bonchev–Trinajstić information content (AvgIpc) is 3.29. The normalized spacial score (nSPS) is 18.2. The van der Waals surface area contributed by atoms with Crippen LogP contribution < -0.4 is 5.32 Å². The average molecular weight is 266 g/mol. The zero-order valence-electron chi connectivity index (χ0n) is 12.2. The van der Waals surface area contributed by atoms with Gasteiger partial charge < -0.3 is 5.32 Å². The topological polar surface area (TPSA) is 24.9 Å². The number of aromatic nitrogens is 1. The fourth-order valence-corrected chi connectivity index (χ4v) is 3.42. The number of nitrogens with zero attached hydrogens (tertiary/aromatic N) is 1. The van der Waals surface area contributed by atoms with Crippen LogP contribution in [0.15, 0.2) is 18.2 Å². The Morgan fingerprint density at radius 1 is 1.20 bits per heavy atom. The van der Waals surface area contributed by atoms with E-state index in [-0.39, 0.29) is 0 Å². The van der Waals surface area contributed by atoms with E-state index in [4.69, 9.17) is 4.98 Å². The number of nitrogens with one attached hydrogen (secondary N) is 1. The molecule has 2 aliphatic carbocycles. The fourth-order valence-electron chi connectivity index (χ4n) is 3.42. The first-order valence-electron chi connectivity index (χ1n) is 7.96. The molecule has 0 spiro atoms. The molecule has 1 N–H and O–H groups in total.